The summed E-state index contributed by atoms with van der Waals surface area (Å²) in [6, 6.07) is 0.0949. The van der Waals surface area contributed by atoms with Crippen molar-refractivity contribution in [1.82, 2.24) is 10.1 Å². The molecular formula is C10H17N3OS. The smallest absolute Gasteiger partial charge is 0.226 e. The van der Waals surface area contributed by atoms with Gasteiger partial charge in [-0.25, -0.2) is 0 Å². The summed E-state index contributed by atoms with van der Waals surface area (Å²) in [5.41, 5.74) is 5.67. The molecule has 0 spiro atoms. The van der Waals surface area contributed by atoms with Crippen LogP contribution >= 0.6 is 11.8 Å². The van der Waals surface area contributed by atoms with Gasteiger partial charge in [-0.15, -0.1) is 0 Å². The van der Waals surface area contributed by atoms with E-state index in [1.54, 1.807) is 0 Å². The van der Waals surface area contributed by atoms with Crippen LogP contribution in [0, 0.1) is 5.92 Å². The Bertz CT molecular complexity index is 307. The molecule has 0 amide bonds. The second kappa shape index (κ2) is 4.99. The molecule has 1 aliphatic heterocycles. The van der Waals surface area contributed by atoms with E-state index in [9.17, 15) is 0 Å². The van der Waals surface area contributed by atoms with Crippen molar-refractivity contribution in [1.29, 1.82) is 0 Å². The normalized spacial score (nSPS) is 23.2. The minimum absolute atomic E-state index is 0.0949. The van der Waals surface area contributed by atoms with Crippen LogP contribution in [-0.4, -0.2) is 27.7 Å². The monoisotopic (exact) mass is 227 g/mol. The lowest BCUT2D eigenvalue weighted by Gasteiger charge is -2.01. The van der Waals surface area contributed by atoms with Crippen molar-refractivity contribution in [2.75, 3.05) is 11.5 Å². The molecule has 0 aliphatic carbocycles. The van der Waals surface area contributed by atoms with E-state index in [2.05, 4.69) is 10.1 Å². The van der Waals surface area contributed by atoms with Gasteiger partial charge < -0.3 is 10.3 Å². The van der Waals surface area contributed by atoms with Crippen molar-refractivity contribution in [3.63, 3.8) is 0 Å². The zero-order chi connectivity index (χ0) is 10.7. The lowest BCUT2D eigenvalue weighted by molar-refractivity contribution is 0.354. The summed E-state index contributed by atoms with van der Waals surface area (Å²) >= 11 is 2.01. The Hall–Kier alpha value is -0.550. The molecule has 1 saturated heterocycles. The summed E-state index contributed by atoms with van der Waals surface area (Å²) < 4.78 is 5.20. The maximum Gasteiger partial charge on any atom is 0.226 e. The molecule has 5 heteroatoms. The molecule has 1 aromatic rings. The number of aromatic nitrogens is 2. The van der Waals surface area contributed by atoms with Gasteiger partial charge >= 0.3 is 0 Å². The molecule has 1 fully saturated rings. The van der Waals surface area contributed by atoms with Gasteiger partial charge in [-0.05, 0) is 30.8 Å². The molecule has 1 aromatic heterocycles. The van der Waals surface area contributed by atoms with Gasteiger partial charge in [0.1, 0.15) is 0 Å². The second-order valence-electron chi connectivity index (χ2n) is 4.22. The first-order valence-corrected chi connectivity index (χ1v) is 6.54. The quantitative estimate of drug-likeness (QED) is 0.838. The molecule has 0 bridgehead atoms. The van der Waals surface area contributed by atoms with E-state index in [0.717, 1.165) is 24.1 Å². The SMILES string of the molecule is CC(N)Cc1noc(CC2CCSC2)n1. The van der Waals surface area contributed by atoms with Crippen LogP contribution in [0.15, 0.2) is 4.52 Å². The minimum atomic E-state index is 0.0949. The number of nitrogens with zero attached hydrogens (tertiary/aromatic N) is 2. The van der Waals surface area contributed by atoms with Crippen LogP contribution in [0.25, 0.3) is 0 Å². The Labute approximate surface area is 94.0 Å². The predicted molar refractivity (Wildman–Crippen MR) is 60.8 cm³/mol. The number of hydrogen-bond acceptors (Lipinski definition) is 5. The van der Waals surface area contributed by atoms with Gasteiger partial charge in [0.2, 0.25) is 5.89 Å². The van der Waals surface area contributed by atoms with Crippen molar-refractivity contribution in [2.45, 2.75) is 32.2 Å². The summed E-state index contributed by atoms with van der Waals surface area (Å²) in [7, 11) is 0. The van der Waals surface area contributed by atoms with Gasteiger partial charge in [-0.3, -0.25) is 0 Å². The Balaban J connectivity index is 1.88. The molecule has 2 unspecified atom stereocenters. The van der Waals surface area contributed by atoms with E-state index >= 15 is 0 Å². The van der Waals surface area contributed by atoms with E-state index < -0.39 is 0 Å². The van der Waals surface area contributed by atoms with Crippen molar-refractivity contribution >= 4 is 11.8 Å². The Morgan fingerprint density at radius 1 is 1.67 bits per heavy atom. The third-order valence-corrected chi connectivity index (χ3v) is 3.73. The molecule has 2 atom stereocenters. The second-order valence-corrected chi connectivity index (χ2v) is 5.37. The Morgan fingerprint density at radius 3 is 3.20 bits per heavy atom. The van der Waals surface area contributed by atoms with Crippen molar-refractivity contribution in [2.24, 2.45) is 11.7 Å². The molecule has 15 heavy (non-hydrogen) atoms. The van der Waals surface area contributed by atoms with E-state index in [-0.39, 0.29) is 6.04 Å². The third kappa shape index (κ3) is 3.21. The van der Waals surface area contributed by atoms with Crippen LogP contribution in [0.4, 0.5) is 0 Å². The Kier molecular flexibility index (Phi) is 3.64. The third-order valence-electron chi connectivity index (χ3n) is 2.50. The first kappa shape index (κ1) is 11.0. The van der Waals surface area contributed by atoms with Crippen LogP contribution in [-0.2, 0) is 12.8 Å². The van der Waals surface area contributed by atoms with Gasteiger partial charge in [0, 0.05) is 18.9 Å². The number of thioether (sulfide) groups is 1. The Morgan fingerprint density at radius 2 is 2.53 bits per heavy atom. The molecule has 0 saturated carbocycles. The van der Waals surface area contributed by atoms with Crippen LogP contribution in [0.1, 0.15) is 25.1 Å². The zero-order valence-corrected chi connectivity index (χ0v) is 9.80. The number of hydrogen-bond donors (Lipinski definition) is 1. The fourth-order valence-electron chi connectivity index (χ4n) is 1.74. The largest absolute Gasteiger partial charge is 0.339 e. The first-order valence-electron chi connectivity index (χ1n) is 5.39. The maximum atomic E-state index is 5.67. The van der Waals surface area contributed by atoms with Gasteiger partial charge in [0.25, 0.3) is 0 Å². The molecule has 84 valence electrons. The summed E-state index contributed by atoms with van der Waals surface area (Å²) in [5, 5.41) is 3.93. The summed E-state index contributed by atoms with van der Waals surface area (Å²) in [6.45, 7) is 1.95. The highest BCUT2D eigenvalue weighted by molar-refractivity contribution is 7.99. The van der Waals surface area contributed by atoms with Gasteiger partial charge in [0.15, 0.2) is 5.82 Å². The predicted octanol–water partition coefficient (Wildman–Crippen LogP) is 1.25. The minimum Gasteiger partial charge on any atom is -0.339 e. The molecule has 2 rings (SSSR count). The molecule has 1 aliphatic rings. The molecule has 2 heterocycles. The van der Waals surface area contributed by atoms with E-state index in [0.29, 0.717) is 6.42 Å². The van der Waals surface area contributed by atoms with Crippen LogP contribution in [0.2, 0.25) is 0 Å². The fraction of sp³-hybridized carbons (Fsp3) is 0.800. The molecule has 4 nitrogen and oxygen atoms in total. The molecular weight excluding hydrogens is 210 g/mol. The molecule has 0 radical (unpaired) electrons. The van der Waals surface area contributed by atoms with Crippen LogP contribution < -0.4 is 5.73 Å². The summed E-state index contributed by atoms with van der Waals surface area (Å²) in [5.74, 6) is 4.73. The number of rotatable bonds is 4. The maximum absolute atomic E-state index is 5.67. The summed E-state index contributed by atoms with van der Waals surface area (Å²) in [6.07, 6.45) is 2.90. The van der Waals surface area contributed by atoms with Crippen LogP contribution in [0.5, 0.6) is 0 Å². The average Bonchev–Trinajstić information content (AvgIpc) is 2.77. The van der Waals surface area contributed by atoms with Gasteiger partial charge in [-0.1, -0.05) is 5.16 Å². The van der Waals surface area contributed by atoms with Crippen LogP contribution in [0.3, 0.4) is 0 Å². The number of nitrogens with two attached hydrogens (primary N) is 1. The highest BCUT2D eigenvalue weighted by Gasteiger charge is 2.19. The standard InChI is InChI=1S/C10H17N3OS/c1-7(11)4-9-12-10(14-13-9)5-8-2-3-15-6-8/h7-8H,2-6,11H2,1H3. The molecule has 0 aromatic carbocycles. The first-order chi connectivity index (χ1) is 7.24. The highest BCUT2D eigenvalue weighted by Crippen LogP contribution is 2.26. The highest BCUT2D eigenvalue weighted by atomic mass is 32.2. The summed E-state index contributed by atoms with van der Waals surface area (Å²) in [4.78, 5) is 4.35. The lowest BCUT2D eigenvalue weighted by Crippen LogP contribution is -2.18. The lowest BCUT2D eigenvalue weighted by atomic mass is 10.1. The average molecular weight is 227 g/mol. The van der Waals surface area contributed by atoms with Crippen molar-refractivity contribution in [3.8, 4) is 0 Å². The van der Waals surface area contributed by atoms with Gasteiger partial charge in [0.05, 0.1) is 0 Å². The zero-order valence-electron chi connectivity index (χ0n) is 8.98. The van der Waals surface area contributed by atoms with Gasteiger partial charge in [-0.2, -0.15) is 16.7 Å². The van der Waals surface area contributed by atoms with E-state index in [4.69, 9.17) is 10.3 Å². The topological polar surface area (TPSA) is 64.9 Å². The fourth-order valence-corrected chi connectivity index (χ4v) is 3.02. The van der Waals surface area contributed by atoms with Crippen molar-refractivity contribution in [3.05, 3.63) is 11.7 Å². The van der Waals surface area contributed by atoms with E-state index in [1.807, 2.05) is 18.7 Å². The van der Waals surface area contributed by atoms with E-state index in [1.165, 1.54) is 17.9 Å². The van der Waals surface area contributed by atoms with Crippen molar-refractivity contribution < 1.29 is 4.52 Å². The molecule has 2 N–H and O–H groups in total.